The molecule has 2 aromatic rings. The first-order valence-electron chi connectivity index (χ1n) is 6.44. The first-order valence-corrected chi connectivity index (χ1v) is 8.22. The van der Waals surface area contributed by atoms with Gasteiger partial charge in [-0.15, -0.1) is 11.8 Å². The van der Waals surface area contributed by atoms with Crippen LogP contribution in [0.15, 0.2) is 51.8 Å². The van der Waals surface area contributed by atoms with Crippen LogP contribution < -0.4 is 5.32 Å². The molecule has 0 aliphatic carbocycles. The molecule has 0 spiro atoms. The molecule has 2 rings (SSSR count). The van der Waals surface area contributed by atoms with Crippen LogP contribution in [0.5, 0.6) is 0 Å². The minimum atomic E-state index is -0.161. The summed E-state index contributed by atoms with van der Waals surface area (Å²) in [7, 11) is 1.95. The number of halogens is 2. The normalized spacial score (nSPS) is 12.4. The van der Waals surface area contributed by atoms with Crippen molar-refractivity contribution in [2.24, 2.45) is 0 Å². The average Bonchev–Trinajstić information content (AvgIpc) is 2.46. The third-order valence-corrected chi connectivity index (χ3v) is 4.74. The highest BCUT2D eigenvalue weighted by Gasteiger charge is 2.06. The Morgan fingerprint density at radius 1 is 1.25 bits per heavy atom. The summed E-state index contributed by atoms with van der Waals surface area (Å²) in [5.74, 6) is 0.475. The molecule has 0 amide bonds. The molecule has 1 unspecified atom stereocenters. The van der Waals surface area contributed by atoms with Gasteiger partial charge in [0.15, 0.2) is 0 Å². The molecule has 1 atom stereocenters. The molecule has 106 valence electrons. The molecular formula is C16H17BrFNS. The van der Waals surface area contributed by atoms with Gasteiger partial charge in [0.25, 0.3) is 0 Å². The van der Waals surface area contributed by atoms with Crippen molar-refractivity contribution in [1.82, 2.24) is 5.32 Å². The van der Waals surface area contributed by atoms with E-state index in [1.165, 1.54) is 11.6 Å². The Labute approximate surface area is 132 Å². The van der Waals surface area contributed by atoms with Crippen LogP contribution in [-0.4, -0.2) is 7.05 Å². The van der Waals surface area contributed by atoms with E-state index in [-0.39, 0.29) is 5.82 Å². The molecule has 2 aromatic carbocycles. The molecule has 1 N–H and O–H groups in total. The molecular weight excluding hydrogens is 337 g/mol. The van der Waals surface area contributed by atoms with Gasteiger partial charge in [-0.3, -0.25) is 0 Å². The number of nitrogens with one attached hydrogen (secondary N) is 1. The Morgan fingerprint density at radius 3 is 2.75 bits per heavy atom. The molecule has 0 aromatic heterocycles. The van der Waals surface area contributed by atoms with E-state index in [0.717, 1.165) is 14.9 Å². The standard InChI is InChI=1S/C16H17BrFNS/c1-11(19-2)12-4-3-5-15(8-12)20-10-13-6-7-14(17)9-16(13)18/h3-9,11,19H,10H2,1-2H3. The Balaban J connectivity index is 2.07. The molecule has 0 saturated carbocycles. The summed E-state index contributed by atoms with van der Waals surface area (Å²) in [6.45, 7) is 2.12. The van der Waals surface area contributed by atoms with Gasteiger partial charge < -0.3 is 5.32 Å². The molecule has 20 heavy (non-hydrogen) atoms. The van der Waals surface area contributed by atoms with Gasteiger partial charge in [-0.1, -0.05) is 34.1 Å². The zero-order chi connectivity index (χ0) is 14.5. The number of benzene rings is 2. The van der Waals surface area contributed by atoms with Crippen LogP contribution in [0.1, 0.15) is 24.1 Å². The third-order valence-electron chi connectivity index (χ3n) is 3.20. The predicted molar refractivity (Wildman–Crippen MR) is 87.6 cm³/mol. The lowest BCUT2D eigenvalue weighted by Crippen LogP contribution is -2.11. The SMILES string of the molecule is CNC(C)c1cccc(SCc2ccc(Br)cc2F)c1. The molecule has 4 heteroatoms. The summed E-state index contributed by atoms with van der Waals surface area (Å²) in [5.41, 5.74) is 1.97. The summed E-state index contributed by atoms with van der Waals surface area (Å²) >= 11 is 4.92. The van der Waals surface area contributed by atoms with Crippen molar-refractivity contribution in [3.05, 3.63) is 63.9 Å². The average molecular weight is 354 g/mol. The first-order chi connectivity index (χ1) is 9.60. The summed E-state index contributed by atoms with van der Waals surface area (Å²) in [6.07, 6.45) is 0. The molecule has 0 radical (unpaired) electrons. The Morgan fingerprint density at radius 2 is 2.05 bits per heavy atom. The summed E-state index contributed by atoms with van der Waals surface area (Å²) < 4.78 is 14.5. The fourth-order valence-electron chi connectivity index (χ4n) is 1.84. The monoisotopic (exact) mass is 353 g/mol. The van der Waals surface area contributed by atoms with Crippen LogP contribution in [0, 0.1) is 5.82 Å². The van der Waals surface area contributed by atoms with E-state index in [1.54, 1.807) is 11.8 Å². The quantitative estimate of drug-likeness (QED) is 0.745. The van der Waals surface area contributed by atoms with Gasteiger partial charge in [0.05, 0.1) is 0 Å². The van der Waals surface area contributed by atoms with Crippen molar-refractivity contribution >= 4 is 27.7 Å². The van der Waals surface area contributed by atoms with E-state index in [4.69, 9.17) is 0 Å². The van der Waals surface area contributed by atoms with E-state index >= 15 is 0 Å². The van der Waals surface area contributed by atoms with Gasteiger partial charge in [0, 0.05) is 21.2 Å². The Kier molecular flexibility index (Phi) is 5.64. The molecule has 0 heterocycles. The van der Waals surface area contributed by atoms with E-state index < -0.39 is 0 Å². The highest BCUT2D eigenvalue weighted by molar-refractivity contribution is 9.10. The first kappa shape index (κ1) is 15.5. The number of rotatable bonds is 5. The van der Waals surface area contributed by atoms with E-state index in [0.29, 0.717) is 11.8 Å². The van der Waals surface area contributed by atoms with Crippen LogP contribution in [0.3, 0.4) is 0 Å². The van der Waals surface area contributed by atoms with Crippen LogP contribution in [0.2, 0.25) is 0 Å². The van der Waals surface area contributed by atoms with Crippen LogP contribution in [-0.2, 0) is 5.75 Å². The maximum Gasteiger partial charge on any atom is 0.128 e. The zero-order valence-electron chi connectivity index (χ0n) is 11.5. The highest BCUT2D eigenvalue weighted by Crippen LogP contribution is 2.27. The third kappa shape index (κ3) is 4.08. The molecule has 0 aliphatic rings. The van der Waals surface area contributed by atoms with Crippen LogP contribution in [0.4, 0.5) is 4.39 Å². The molecule has 0 saturated heterocycles. The van der Waals surface area contributed by atoms with Crippen LogP contribution >= 0.6 is 27.7 Å². The molecule has 0 aliphatic heterocycles. The summed E-state index contributed by atoms with van der Waals surface area (Å²) in [6, 6.07) is 13.9. The molecule has 1 nitrogen and oxygen atoms in total. The fourth-order valence-corrected chi connectivity index (χ4v) is 3.12. The van der Waals surface area contributed by atoms with Crippen molar-refractivity contribution in [1.29, 1.82) is 0 Å². The van der Waals surface area contributed by atoms with E-state index in [1.807, 2.05) is 25.2 Å². The van der Waals surface area contributed by atoms with Gasteiger partial charge in [0.2, 0.25) is 0 Å². The van der Waals surface area contributed by atoms with Crippen molar-refractivity contribution < 1.29 is 4.39 Å². The Hall–Kier alpha value is -0.840. The lowest BCUT2D eigenvalue weighted by atomic mass is 10.1. The number of hydrogen-bond donors (Lipinski definition) is 1. The maximum atomic E-state index is 13.8. The van der Waals surface area contributed by atoms with Crippen molar-refractivity contribution in [3.63, 3.8) is 0 Å². The van der Waals surface area contributed by atoms with Crippen molar-refractivity contribution in [3.8, 4) is 0 Å². The van der Waals surface area contributed by atoms with E-state index in [2.05, 4.69) is 46.4 Å². The van der Waals surface area contributed by atoms with Gasteiger partial charge in [0.1, 0.15) is 5.82 Å². The van der Waals surface area contributed by atoms with E-state index in [9.17, 15) is 4.39 Å². The predicted octanol–water partition coefficient (Wildman–Crippen LogP) is 5.16. The second-order valence-corrected chi connectivity index (χ2v) is 6.57. The second kappa shape index (κ2) is 7.25. The number of hydrogen-bond acceptors (Lipinski definition) is 2. The van der Waals surface area contributed by atoms with Gasteiger partial charge >= 0.3 is 0 Å². The Bertz CT molecular complexity index is 588. The van der Waals surface area contributed by atoms with Gasteiger partial charge in [-0.05, 0) is 49.4 Å². The lowest BCUT2D eigenvalue weighted by Gasteiger charge is -2.12. The summed E-state index contributed by atoms with van der Waals surface area (Å²) in [5, 5.41) is 3.22. The smallest absolute Gasteiger partial charge is 0.128 e. The topological polar surface area (TPSA) is 12.0 Å². The van der Waals surface area contributed by atoms with Crippen LogP contribution in [0.25, 0.3) is 0 Å². The second-order valence-electron chi connectivity index (χ2n) is 4.61. The van der Waals surface area contributed by atoms with Gasteiger partial charge in [-0.25, -0.2) is 4.39 Å². The van der Waals surface area contributed by atoms with Crippen molar-refractivity contribution in [2.45, 2.75) is 23.6 Å². The minimum Gasteiger partial charge on any atom is -0.313 e. The molecule has 0 bridgehead atoms. The zero-order valence-corrected chi connectivity index (χ0v) is 13.9. The number of thioether (sulfide) groups is 1. The molecule has 0 fully saturated rings. The fraction of sp³-hybridized carbons (Fsp3) is 0.250. The highest BCUT2D eigenvalue weighted by atomic mass is 79.9. The minimum absolute atomic E-state index is 0.161. The van der Waals surface area contributed by atoms with Crippen molar-refractivity contribution in [2.75, 3.05) is 7.05 Å². The largest absolute Gasteiger partial charge is 0.313 e. The summed E-state index contributed by atoms with van der Waals surface area (Å²) in [4.78, 5) is 1.16. The van der Waals surface area contributed by atoms with Gasteiger partial charge in [-0.2, -0.15) is 0 Å². The maximum absolute atomic E-state index is 13.8. The lowest BCUT2D eigenvalue weighted by molar-refractivity contribution is 0.616.